The summed E-state index contributed by atoms with van der Waals surface area (Å²) in [6, 6.07) is 15.3. The molecule has 8 heteroatoms. The highest BCUT2D eigenvalue weighted by atomic mass is 16.5. The summed E-state index contributed by atoms with van der Waals surface area (Å²) < 4.78 is 6.67. The number of carbonyl (C=O) groups is 1. The van der Waals surface area contributed by atoms with E-state index in [9.17, 15) is 9.59 Å². The number of benzene rings is 2. The zero-order chi connectivity index (χ0) is 20.4. The molecule has 0 aliphatic carbocycles. The molecule has 0 saturated heterocycles. The number of anilines is 2. The highest BCUT2D eigenvalue weighted by molar-refractivity contribution is 5.91. The van der Waals surface area contributed by atoms with Gasteiger partial charge in [-0.25, -0.2) is 0 Å². The zero-order valence-electron chi connectivity index (χ0n) is 16.3. The van der Waals surface area contributed by atoms with Crippen LogP contribution >= 0.6 is 0 Å². The number of nitrogens with one attached hydrogen (secondary N) is 1. The number of fused-ring (bicyclic) bond motifs is 1. The van der Waals surface area contributed by atoms with Crippen LogP contribution in [0.25, 0.3) is 0 Å². The molecular formula is C21H21N5O3. The Kier molecular flexibility index (Phi) is 4.99. The maximum absolute atomic E-state index is 12.8. The highest BCUT2D eigenvalue weighted by Crippen LogP contribution is 2.26. The fourth-order valence-electron chi connectivity index (χ4n) is 3.27. The number of nitrogens with zero attached hydrogens (tertiary/aromatic N) is 4. The Hall–Kier alpha value is -3.68. The normalized spacial score (nSPS) is 12.6. The van der Waals surface area contributed by atoms with E-state index in [2.05, 4.69) is 15.5 Å². The third kappa shape index (κ3) is 3.69. The van der Waals surface area contributed by atoms with Crippen LogP contribution in [0.3, 0.4) is 0 Å². The Morgan fingerprint density at radius 1 is 1.14 bits per heavy atom. The quantitative estimate of drug-likeness (QED) is 0.716. The zero-order valence-corrected chi connectivity index (χ0v) is 16.3. The third-order valence-corrected chi connectivity index (χ3v) is 4.87. The molecule has 1 aliphatic rings. The Morgan fingerprint density at radius 3 is 2.69 bits per heavy atom. The second-order valence-corrected chi connectivity index (χ2v) is 6.83. The van der Waals surface area contributed by atoms with Gasteiger partial charge in [0.15, 0.2) is 0 Å². The van der Waals surface area contributed by atoms with Gasteiger partial charge in [0.2, 0.25) is 11.6 Å². The largest absolute Gasteiger partial charge is 0.497 e. The molecule has 1 aliphatic heterocycles. The van der Waals surface area contributed by atoms with Gasteiger partial charge in [0.05, 0.1) is 7.11 Å². The molecule has 1 aromatic heterocycles. The standard InChI is InChI=1S/C21H21N5O3/c1-14-6-8-16(9-7-14)25-10-11-26-20(28)18(23-24-21(25)26)19(27)22-13-15-4-3-5-17(12-15)29-2/h3-9,12H,10-11,13H2,1-2H3,(H,22,27). The molecule has 29 heavy (non-hydrogen) atoms. The van der Waals surface area contributed by atoms with Crippen LogP contribution in [0.2, 0.25) is 0 Å². The van der Waals surface area contributed by atoms with Crippen LogP contribution in [0.5, 0.6) is 5.75 Å². The summed E-state index contributed by atoms with van der Waals surface area (Å²) in [5.41, 5.74) is 2.30. The van der Waals surface area contributed by atoms with Crippen molar-refractivity contribution >= 4 is 17.5 Å². The molecule has 0 unspecified atom stereocenters. The first kappa shape index (κ1) is 18.7. The van der Waals surface area contributed by atoms with E-state index in [1.165, 1.54) is 4.57 Å². The Balaban J connectivity index is 1.53. The smallest absolute Gasteiger partial charge is 0.286 e. The Bertz CT molecular complexity index is 1110. The minimum absolute atomic E-state index is 0.206. The van der Waals surface area contributed by atoms with Crippen LogP contribution in [0.15, 0.2) is 53.3 Å². The van der Waals surface area contributed by atoms with E-state index >= 15 is 0 Å². The van der Waals surface area contributed by atoms with Crippen LogP contribution in [-0.4, -0.2) is 34.3 Å². The van der Waals surface area contributed by atoms with Crippen LogP contribution in [-0.2, 0) is 13.1 Å². The topological polar surface area (TPSA) is 89.3 Å². The van der Waals surface area contributed by atoms with E-state index in [1.807, 2.05) is 60.4 Å². The van der Waals surface area contributed by atoms with Crippen LogP contribution in [0.1, 0.15) is 21.6 Å². The molecule has 1 amide bonds. The van der Waals surface area contributed by atoms with Gasteiger partial charge in [-0.15, -0.1) is 10.2 Å². The molecule has 2 heterocycles. The van der Waals surface area contributed by atoms with Crippen molar-refractivity contribution < 1.29 is 9.53 Å². The number of rotatable bonds is 5. The number of aryl methyl sites for hydroxylation is 1. The Morgan fingerprint density at radius 2 is 1.93 bits per heavy atom. The summed E-state index contributed by atoms with van der Waals surface area (Å²) in [7, 11) is 1.58. The van der Waals surface area contributed by atoms with Gasteiger partial charge in [0.1, 0.15) is 5.75 Å². The first-order chi connectivity index (χ1) is 14.1. The van der Waals surface area contributed by atoms with E-state index in [0.717, 1.165) is 16.8 Å². The van der Waals surface area contributed by atoms with Gasteiger partial charge in [0, 0.05) is 25.3 Å². The van der Waals surface area contributed by atoms with Gasteiger partial charge in [-0.3, -0.25) is 14.2 Å². The molecule has 0 atom stereocenters. The lowest BCUT2D eigenvalue weighted by molar-refractivity contribution is 0.0942. The highest BCUT2D eigenvalue weighted by Gasteiger charge is 2.27. The van der Waals surface area contributed by atoms with E-state index in [1.54, 1.807) is 7.11 Å². The average molecular weight is 391 g/mol. The molecule has 2 aromatic carbocycles. The van der Waals surface area contributed by atoms with E-state index in [0.29, 0.717) is 24.8 Å². The van der Waals surface area contributed by atoms with Gasteiger partial charge < -0.3 is 15.0 Å². The number of hydrogen-bond acceptors (Lipinski definition) is 6. The van der Waals surface area contributed by atoms with Gasteiger partial charge in [-0.05, 0) is 36.8 Å². The average Bonchev–Trinajstić information content (AvgIpc) is 3.18. The van der Waals surface area contributed by atoms with Crippen molar-refractivity contribution in [2.45, 2.75) is 20.0 Å². The third-order valence-electron chi connectivity index (χ3n) is 4.87. The fourth-order valence-corrected chi connectivity index (χ4v) is 3.27. The summed E-state index contributed by atoms with van der Waals surface area (Å²) >= 11 is 0. The molecule has 1 N–H and O–H groups in total. The van der Waals surface area contributed by atoms with Crippen molar-refractivity contribution in [3.63, 3.8) is 0 Å². The molecule has 8 nitrogen and oxygen atoms in total. The van der Waals surface area contributed by atoms with Crippen molar-refractivity contribution in [1.29, 1.82) is 0 Å². The lowest BCUT2D eigenvalue weighted by Crippen LogP contribution is -2.34. The predicted octanol–water partition coefficient (Wildman–Crippen LogP) is 2.04. The van der Waals surface area contributed by atoms with E-state index in [-0.39, 0.29) is 12.2 Å². The molecule has 0 radical (unpaired) electrons. The molecule has 0 saturated carbocycles. The lowest BCUT2D eigenvalue weighted by atomic mass is 10.2. The van der Waals surface area contributed by atoms with Crippen molar-refractivity contribution in [2.24, 2.45) is 0 Å². The van der Waals surface area contributed by atoms with Gasteiger partial charge >= 0.3 is 0 Å². The summed E-state index contributed by atoms with van der Waals surface area (Å²) in [5, 5.41) is 10.8. The van der Waals surface area contributed by atoms with Crippen LogP contribution in [0, 0.1) is 6.92 Å². The minimum Gasteiger partial charge on any atom is -0.497 e. The van der Waals surface area contributed by atoms with Crippen LogP contribution < -0.4 is 20.5 Å². The monoisotopic (exact) mass is 391 g/mol. The van der Waals surface area contributed by atoms with Gasteiger partial charge in [0.25, 0.3) is 11.5 Å². The van der Waals surface area contributed by atoms with Gasteiger partial charge in [-0.1, -0.05) is 29.8 Å². The van der Waals surface area contributed by atoms with E-state index < -0.39 is 11.5 Å². The summed E-state index contributed by atoms with van der Waals surface area (Å²) in [4.78, 5) is 27.2. The van der Waals surface area contributed by atoms with Gasteiger partial charge in [-0.2, -0.15) is 0 Å². The van der Waals surface area contributed by atoms with Crippen molar-refractivity contribution in [3.8, 4) is 5.75 Å². The molecule has 3 aromatic rings. The summed E-state index contributed by atoms with van der Waals surface area (Å²) in [6.45, 7) is 3.33. The molecule has 0 spiro atoms. The SMILES string of the molecule is COc1cccc(CNC(=O)c2nnc3n(c2=O)CCN3c2ccc(C)cc2)c1. The minimum atomic E-state index is -0.547. The first-order valence-electron chi connectivity index (χ1n) is 9.29. The molecular weight excluding hydrogens is 370 g/mol. The molecule has 0 bridgehead atoms. The number of carbonyl (C=O) groups excluding carboxylic acids is 1. The second-order valence-electron chi connectivity index (χ2n) is 6.83. The Labute approximate surface area is 167 Å². The number of hydrogen-bond donors (Lipinski definition) is 1. The fraction of sp³-hybridized carbons (Fsp3) is 0.238. The maximum Gasteiger partial charge on any atom is 0.286 e. The first-order valence-corrected chi connectivity index (χ1v) is 9.29. The maximum atomic E-state index is 12.8. The molecule has 148 valence electrons. The summed E-state index contributed by atoms with van der Waals surface area (Å²) in [5.74, 6) is 0.600. The lowest BCUT2D eigenvalue weighted by Gasteiger charge is -2.16. The van der Waals surface area contributed by atoms with Crippen molar-refractivity contribution in [1.82, 2.24) is 20.1 Å². The number of ether oxygens (including phenoxy) is 1. The van der Waals surface area contributed by atoms with Crippen molar-refractivity contribution in [3.05, 3.63) is 75.7 Å². The number of amides is 1. The molecule has 4 rings (SSSR count). The van der Waals surface area contributed by atoms with Crippen molar-refractivity contribution in [2.75, 3.05) is 18.6 Å². The van der Waals surface area contributed by atoms with E-state index in [4.69, 9.17) is 4.74 Å². The van der Waals surface area contributed by atoms with Crippen LogP contribution in [0.4, 0.5) is 11.6 Å². The number of aromatic nitrogens is 3. The molecule has 0 fully saturated rings. The number of methoxy groups -OCH3 is 1. The second kappa shape index (κ2) is 7.75. The summed E-state index contributed by atoms with van der Waals surface area (Å²) in [6.07, 6.45) is 0. The predicted molar refractivity (Wildman–Crippen MR) is 109 cm³/mol.